The van der Waals surface area contributed by atoms with E-state index in [4.69, 9.17) is 9.98 Å². The Kier molecular flexibility index (Phi) is 5.66. The Morgan fingerprint density at radius 3 is 2.27 bits per heavy atom. The smallest absolute Gasteiger partial charge is 0.155 e. The second kappa shape index (κ2) is 10.3. The third-order valence-electron chi connectivity index (χ3n) is 10.1. The van der Waals surface area contributed by atoms with Gasteiger partial charge < -0.3 is 9.13 Å². The van der Waals surface area contributed by atoms with Gasteiger partial charge in [-0.1, -0.05) is 103 Å². The Morgan fingerprint density at radius 2 is 1.39 bits per heavy atom. The van der Waals surface area contributed by atoms with Gasteiger partial charge in [-0.3, -0.25) is 9.98 Å². The number of allylic oxidation sites excluding steroid dienone is 2. The lowest BCUT2D eigenvalue weighted by atomic mass is 9.87. The molecule has 2 atom stereocenters. The number of pyridine rings is 1. The summed E-state index contributed by atoms with van der Waals surface area (Å²) in [6, 6.07) is 43.5. The highest BCUT2D eigenvalue weighted by Crippen LogP contribution is 2.51. The molecule has 230 valence electrons. The first-order chi connectivity index (χ1) is 24.3. The molecule has 0 saturated carbocycles. The molecule has 1 aliphatic carbocycles. The largest absolute Gasteiger partial charge is 0.309 e. The monoisotopic (exact) mass is 645 g/mol. The molecule has 5 heterocycles. The summed E-state index contributed by atoms with van der Waals surface area (Å²) < 4.78 is 4.90. The number of fused-ring (bicyclic) bond motifs is 10. The van der Waals surface area contributed by atoms with Crippen molar-refractivity contribution in [3.05, 3.63) is 163 Å². The van der Waals surface area contributed by atoms with Gasteiger partial charge in [0, 0.05) is 54.7 Å². The number of amidine groups is 1. The van der Waals surface area contributed by atoms with E-state index in [9.17, 15) is 0 Å². The maximum atomic E-state index is 5.19. The molecule has 0 N–H and O–H groups in total. The van der Waals surface area contributed by atoms with Gasteiger partial charge >= 0.3 is 0 Å². The lowest BCUT2D eigenvalue weighted by Gasteiger charge is -2.27. The van der Waals surface area contributed by atoms with Crippen LogP contribution in [0, 0.1) is 5.92 Å². The fourth-order valence-electron chi connectivity index (χ4n) is 8.03. The van der Waals surface area contributed by atoms with Crippen LogP contribution in [0.5, 0.6) is 0 Å². The minimum absolute atomic E-state index is 0.0231. The van der Waals surface area contributed by atoms with Crippen LogP contribution in [0.2, 0.25) is 0 Å². The van der Waals surface area contributed by atoms with Crippen molar-refractivity contribution >= 4 is 66.9 Å². The highest BCUT2D eigenvalue weighted by molar-refractivity contribution is 7.99. The molecule has 5 nitrogen and oxygen atoms in total. The molecule has 0 saturated heterocycles. The lowest BCUT2D eigenvalue weighted by Crippen LogP contribution is -2.32. The van der Waals surface area contributed by atoms with Crippen molar-refractivity contribution in [2.45, 2.75) is 15.8 Å². The molecule has 0 bridgehead atoms. The highest BCUT2D eigenvalue weighted by atomic mass is 32.2. The number of nitrogens with zero attached hydrogens (tertiary/aromatic N) is 5. The topological polar surface area (TPSA) is 47.5 Å². The summed E-state index contributed by atoms with van der Waals surface area (Å²) in [6.45, 7) is 0. The zero-order valence-electron chi connectivity index (χ0n) is 26.2. The normalized spacial score (nSPS) is 17.8. The van der Waals surface area contributed by atoms with Gasteiger partial charge in [0.2, 0.25) is 0 Å². The van der Waals surface area contributed by atoms with E-state index in [2.05, 4.69) is 142 Å². The Bertz CT molecular complexity index is 2820. The van der Waals surface area contributed by atoms with Crippen LogP contribution in [0.25, 0.3) is 55.0 Å². The Hall–Kier alpha value is -5.98. The molecule has 49 heavy (non-hydrogen) atoms. The van der Waals surface area contributed by atoms with Crippen molar-refractivity contribution in [3.63, 3.8) is 0 Å². The zero-order valence-corrected chi connectivity index (χ0v) is 27.0. The fraction of sp³-hybridized carbons (Fsp3) is 0.0465. The summed E-state index contributed by atoms with van der Waals surface area (Å²) in [4.78, 5) is 17.6. The molecule has 0 spiro atoms. The van der Waals surface area contributed by atoms with Crippen LogP contribution in [-0.2, 0) is 0 Å². The van der Waals surface area contributed by atoms with Crippen LogP contribution < -0.4 is 0 Å². The van der Waals surface area contributed by atoms with E-state index in [1.807, 2.05) is 36.2 Å². The van der Waals surface area contributed by atoms with Gasteiger partial charge in [0.15, 0.2) is 5.84 Å². The summed E-state index contributed by atoms with van der Waals surface area (Å²) in [7, 11) is 0. The maximum absolute atomic E-state index is 5.19. The summed E-state index contributed by atoms with van der Waals surface area (Å²) in [5.74, 6) is 0.797. The molecule has 3 aliphatic rings. The fourth-order valence-corrected chi connectivity index (χ4v) is 9.13. The number of hydrogen-bond donors (Lipinski definition) is 0. The molecule has 11 rings (SSSR count). The van der Waals surface area contributed by atoms with Crippen molar-refractivity contribution in [1.29, 1.82) is 0 Å². The van der Waals surface area contributed by atoms with Crippen LogP contribution in [0.15, 0.2) is 172 Å². The van der Waals surface area contributed by atoms with Crippen molar-refractivity contribution < 1.29 is 0 Å². The van der Waals surface area contributed by atoms with E-state index >= 15 is 0 Å². The molecule has 2 aliphatic heterocycles. The standard InChI is InChI=1S/C43H27N5S/c1-4-17-31-28(14-1)41(32-18-9-10-23-44-32)46-43(45-31)26-12-11-13-27(24-26)47-33-19-5-2-15-29(33)39-36(47)25-38-42-40(39)30-16-3-6-20-34(30)48(42)35-21-7-8-22-37(35)49-38/h1-25,28,31H. The minimum atomic E-state index is -0.0231. The van der Waals surface area contributed by atoms with E-state index in [0.717, 1.165) is 28.5 Å². The lowest BCUT2D eigenvalue weighted by molar-refractivity contribution is 0.707. The van der Waals surface area contributed by atoms with Gasteiger partial charge in [-0.25, -0.2) is 4.99 Å². The Balaban J connectivity index is 1.17. The van der Waals surface area contributed by atoms with Crippen LogP contribution >= 0.6 is 11.8 Å². The number of aliphatic imine (C=N–C) groups is 2. The molecule has 0 amide bonds. The van der Waals surface area contributed by atoms with E-state index in [1.165, 1.54) is 59.1 Å². The first-order valence-electron chi connectivity index (χ1n) is 16.6. The average Bonchev–Trinajstić information content (AvgIpc) is 3.69. The molecular formula is C43H27N5S. The average molecular weight is 646 g/mol. The maximum Gasteiger partial charge on any atom is 0.155 e. The van der Waals surface area contributed by atoms with Crippen molar-refractivity contribution in [2.24, 2.45) is 15.9 Å². The molecule has 0 fully saturated rings. The summed E-state index contributed by atoms with van der Waals surface area (Å²) >= 11 is 1.86. The highest BCUT2D eigenvalue weighted by Gasteiger charge is 2.31. The van der Waals surface area contributed by atoms with Gasteiger partial charge in [-0.15, -0.1) is 0 Å². The molecule has 8 aromatic rings. The van der Waals surface area contributed by atoms with Crippen LogP contribution in [0.1, 0.15) is 11.3 Å². The van der Waals surface area contributed by atoms with Gasteiger partial charge in [0.25, 0.3) is 0 Å². The van der Waals surface area contributed by atoms with E-state index in [0.29, 0.717) is 0 Å². The Morgan fingerprint density at radius 1 is 0.612 bits per heavy atom. The SMILES string of the molecule is C1=CC2N=C(c3cccc(-n4c5ccccc5c5c6c7ccccc7n7c6c(cc54)Sc4ccccc4-7)c3)N=C(c3ccccn3)C2C=C1. The summed E-state index contributed by atoms with van der Waals surface area (Å²) in [6.07, 6.45) is 10.4. The first kappa shape index (κ1) is 27.0. The van der Waals surface area contributed by atoms with E-state index < -0.39 is 0 Å². The quantitative estimate of drug-likeness (QED) is 0.192. The molecule has 2 unspecified atom stereocenters. The minimum Gasteiger partial charge on any atom is -0.309 e. The van der Waals surface area contributed by atoms with Crippen molar-refractivity contribution in [2.75, 3.05) is 0 Å². The van der Waals surface area contributed by atoms with Gasteiger partial charge in [-0.05, 0) is 54.6 Å². The number of benzene rings is 5. The third-order valence-corrected chi connectivity index (χ3v) is 11.2. The molecule has 0 radical (unpaired) electrons. The van der Waals surface area contributed by atoms with Gasteiger partial charge in [-0.2, -0.15) is 0 Å². The van der Waals surface area contributed by atoms with E-state index in [-0.39, 0.29) is 12.0 Å². The zero-order chi connectivity index (χ0) is 32.1. The number of aromatic nitrogens is 3. The van der Waals surface area contributed by atoms with Crippen LogP contribution in [-0.4, -0.2) is 31.7 Å². The molecular weight excluding hydrogens is 619 g/mol. The second-order valence-electron chi connectivity index (χ2n) is 12.8. The van der Waals surface area contributed by atoms with Gasteiger partial charge in [0.05, 0.1) is 45.2 Å². The number of hydrogen-bond acceptors (Lipinski definition) is 4. The number of para-hydroxylation sites is 3. The van der Waals surface area contributed by atoms with Gasteiger partial charge in [0.1, 0.15) is 0 Å². The van der Waals surface area contributed by atoms with E-state index in [1.54, 1.807) is 0 Å². The van der Waals surface area contributed by atoms with Crippen molar-refractivity contribution in [3.8, 4) is 11.4 Å². The summed E-state index contributed by atoms with van der Waals surface area (Å²) in [5.41, 5.74) is 10.0. The second-order valence-corrected chi connectivity index (χ2v) is 13.9. The summed E-state index contributed by atoms with van der Waals surface area (Å²) in [5, 5.41) is 5.10. The third kappa shape index (κ3) is 3.86. The van der Waals surface area contributed by atoms with Crippen LogP contribution in [0.4, 0.5) is 0 Å². The predicted octanol–water partition coefficient (Wildman–Crippen LogP) is 10.1. The number of rotatable bonds is 3. The first-order valence-corrected chi connectivity index (χ1v) is 17.4. The molecule has 5 aromatic carbocycles. The predicted molar refractivity (Wildman–Crippen MR) is 202 cm³/mol. The van der Waals surface area contributed by atoms with Crippen molar-refractivity contribution in [1.82, 2.24) is 14.1 Å². The molecule has 6 heteroatoms. The molecule has 3 aromatic heterocycles. The Labute approximate surface area is 286 Å². The van der Waals surface area contributed by atoms with Crippen LogP contribution in [0.3, 0.4) is 0 Å².